The largest absolute Gasteiger partial charge is 0.493 e. The Morgan fingerprint density at radius 1 is 1.41 bits per heavy atom. The average molecular weight is 373 g/mol. The number of ether oxygens (including phenoxy) is 2. The molecule has 2 aliphatic rings. The van der Waals surface area contributed by atoms with Gasteiger partial charge in [0.1, 0.15) is 11.4 Å². The third kappa shape index (κ3) is 5.15. The minimum absolute atomic E-state index is 0.0979. The van der Waals surface area contributed by atoms with Gasteiger partial charge < -0.3 is 14.8 Å². The maximum Gasteiger partial charge on any atom is 0.415 e. The van der Waals surface area contributed by atoms with E-state index in [1.54, 1.807) is 11.2 Å². The fraction of sp³-hybridized carbons (Fsp3) is 0.619. The first-order valence-electron chi connectivity index (χ1n) is 9.89. The van der Waals surface area contributed by atoms with Crippen molar-refractivity contribution in [2.45, 2.75) is 64.5 Å². The summed E-state index contributed by atoms with van der Waals surface area (Å²) in [6, 6.07) is 6.44. The summed E-state index contributed by atoms with van der Waals surface area (Å²) in [5.41, 5.74) is 1.88. The maximum atomic E-state index is 12.2. The zero-order chi connectivity index (χ0) is 19.4. The summed E-state index contributed by atoms with van der Waals surface area (Å²) in [7, 11) is 0. The van der Waals surface area contributed by atoms with Gasteiger partial charge in [0.2, 0.25) is 0 Å². The minimum Gasteiger partial charge on any atom is -0.493 e. The van der Waals surface area contributed by atoms with Gasteiger partial charge in [-0.3, -0.25) is 9.89 Å². The molecule has 1 aromatic rings. The second kappa shape index (κ2) is 8.19. The summed E-state index contributed by atoms with van der Waals surface area (Å²) in [5, 5.41) is 3.45. The van der Waals surface area contributed by atoms with Crippen molar-refractivity contribution in [3.8, 4) is 5.75 Å². The molecule has 1 aromatic carbocycles. The van der Waals surface area contributed by atoms with E-state index in [1.807, 2.05) is 20.8 Å². The van der Waals surface area contributed by atoms with Gasteiger partial charge in [-0.2, -0.15) is 0 Å². The van der Waals surface area contributed by atoms with Crippen LogP contribution in [-0.2, 0) is 4.74 Å². The quantitative estimate of drug-likeness (QED) is 0.830. The minimum atomic E-state index is -0.495. The molecule has 27 heavy (non-hydrogen) atoms. The molecule has 2 atom stereocenters. The standard InChI is InChI=1S/C21H31N3O3/c1-5-9-22-16-6-7-19-18(12-16)15(8-10-26-19)11-17-13-24(14-23-17)20(25)27-21(2,3)4/h6-7,12,14-15,17,22H,5,8-11,13H2,1-4H3. The predicted molar refractivity (Wildman–Crippen MR) is 108 cm³/mol. The van der Waals surface area contributed by atoms with Crippen LogP contribution in [0.1, 0.15) is 58.4 Å². The first-order valence-corrected chi connectivity index (χ1v) is 9.89. The summed E-state index contributed by atoms with van der Waals surface area (Å²) in [4.78, 5) is 18.4. The first-order chi connectivity index (χ1) is 12.9. The van der Waals surface area contributed by atoms with E-state index in [4.69, 9.17) is 9.47 Å². The molecule has 3 rings (SSSR count). The summed E-state index contributed by atoms with van der Waals surface area (Å²) in [6.07, 6.45) is 4.27. The molecule has 0 spiro atoms. The highest BCUT2D eigenvalue weighted by atomic mass is 16.6. The first kappa shape index (κ1) is 19.5. The van der Waals surface area contributed by atoms with E-state index in [2.05, 4.69) is 35.4 Å². The average Bonchev–Trinajstić information content (AvgIpc) is 3.07. The Morgan fingerprint density at radius 2 is 2.22 bits per heavy atom. The lowest BCUT2D eigenvalue weighted by Gasteiger charge is -2.28. The third-order valence-electron chi connectivity index (χ3n) is 4.76. The number of hydrogen-bond donors (Lipinski definition) is 1. The van der Waals surface area contributed by atoms with Gasteiger partial charge in [0.15, 0.2) is 0 Å². The molecule has 0 saturated heterocycles. The second-order valence-corrected chi connectivity index (χ2v) is 8.30. The molecular formula is C21H31N3O3. The van der Waals surface area contributed by atoms with Crippen molar-refractivity contribution < 1.29 is 14.3 Å². The Kier molecular flexibility index (Phi) is 5.92. The van der Waals surface area contributed by atoms with Crippen molar-refractivity contribution in [1.29, 1.82) is 0 Å². The van der Waals surface area contributed by atoms with E-state index in [1.165, 1.54) is 5.56 Å². The van der Waals surface area contributed by atoms with Crippen molar-refractivity contribution in [3.63, 3.8) is 0 Å². The molecule has 0 aliphatic carbocycles. The molecule has 6 heteroatoms. The summed E-state index contributed by atoms with van der Waals surface area (Å²) < 4.78 is 11.3. The number of nitrogens with zero attached hydrogens (tertiary/aromatic N) is 2. The summed E-state index contributed by atoms with van der Waals surface area (Å²) in [5.74, 6) is 1.36. The van der Waals surface area contributed by atoms with E-state index in [0.717, 1.165) is 43.9 Å². The number of aliphatic imine (C=N–C) groups is 1. The highest BCUT2D eigenvalue weighted by Gasteiger charge is 2.31. The molecule has 148 valence electrons. The topological polar surface area (TPSA) is 63.2 Å². The number of anilines is 1. The van der Waals surface area contributed by atoms with Crippen molar-refractivity contribution in [3.05, 3.63) is 23.8 Å². The number of hydrogen-bond acceptors (Lipinski definition) is 5. The zero-order valence-electron chi connectivity index (χ0n) is 16.8. The van der Waals surface area contributed by atoms with Crippen molar-refractivity contribution in [2.24, 2.45) is 4.99 Å². The van der Waals surface area contributed by atoms with Gasteiger partial charge in [-0.15, -0.1) is 0 Å². The number of amides is 1. The van der Waals surface area contributed by atoms with Gasteiger partial charge in [0.25, 0.3) is 0 Å². The van der Waals surface area contributed by atoms with Crippen molar-refractivity contribution >= 4 is 18.1 Å². The van der Waals surface area contributed by atoms with Crippen LogP contribution in [-0.4, -0.2) is 48.7 Å². The highest BCUT2D eigenvalue weighted by Crippen LogP contribution is 2.39. The molecule has 2 aliphatic heterocycles. The molecule has 2 unspecified atom stereocenters. The van der Waals surface area contributed by atoms with Crippen LogP contribution in [0.3, 0.4) is 0 Å². The third-order valence-corrected chi connectivity index (χ3v) is 4.76. The molecule has 2 heterocycles. The smallest absolute Gasteiger partial charge is 0.415 e. The van der Waals surface area contributed by atoms with E-state index in [0.29, 0.717) is 12.5 Å². The second-order valence-electron chi connectivity index (χ2n) is 8.30. The highest BCUT2D eigenvalue weighted by molar-refractivity contribution is 5.84. The zero-order valence-corrected chi connectivity index (χ0v) is 16.8. The number of carbonyl (C=O) groups excluding carboxylic acids is 1. The number of nitrogens with one attached hydrogen (secondary N) is 1. The fourth-order valence-electron chi connectivity index (χ4n) is 3.49. The van der Waals surface area contributed by atoms with Gasteiger partial charge >= 0.3 is 6.09 Å². The Balaban J connectivity index is 1.63. The molecule has 1 N–H and O–H groups in total. The van der Waals surface area contributed by atoms with E-state index in [9.17, 15) is 4.79 Å². The lowest BCUT2D eigenvalue weighted by atomic mass is 9.87. The molecule has 1 amide bonds. The van der Waals surface area contributed by atoms with Gasteiger partial charge in [-0.05, 0) is 69.7 Å². The fourth-order valence-corrected chi connectivity index (χ4v) is 3.49. The lowest BCUT2D eigenvalue weighted by Crippen LogP contribution is -2.36. The van der Waals surface area contributed by atoms with Gasteiger partial charge in [-0.25, -0.2) is 4.79 Å². The Morgan fingerprint density at radius 3 is 2.96 bits per heavy atom. The van der Waals surface area contributed by atoms with Crippen LogP contribution in [0, 0.1) is 0 Å². The SMILES string of the molecule is CCCNc1ccc2c(c1)C(CC1CN(C(=O)OC(C)(C)C)C=N1)CCO2. The normalized spacial score (nSPS) is 21.6. The molecule has 0 saturated carbocycles. The lowest BCUT2D eigenvalue weighted by molar-refractivity contribution is 0.0381. The molecular weight excluding hydrogens is 342 g/mol. The molecule has 6 nitrogen and oxygen atoms in total. The monoisotopic (exact) mass is 373 g/mol. The van der Waals surface area contributed by atoms with Gasteiger partial charge in [0, 0.05) is 12.2 Å². The van der Waals surface area contributed by atoms with Crippen LogP contribution in [0.4, 0.5) is 10.5 Å². The molecule has 0 bridgehead atoms. The number of benzene rings is 1. The Bertz CT molecular complexity index is 696. The number of carbonyl (C=O) groups is 1. The van der Waals surface area contributed by atoms with Crippen molar-refractivity contribution in [1.82, 2.24) is 4.90 Å². The van der Waals surface area contributed by atoms with E-state index >= 15 is 0 Å². The Labute approximate surface area is 161 Å². The van der Waals surface area contributed by atoms with Crippen LogP contribution in [0.2, 0.25) is 0 Å². The van der Waals surface area contributed by atoms with Gasteiger partial charge in [0.05, 0.1) is 25.5 Å². The van der Waals surface area contributed by atoms with Crippen LogP contribution in [0.25, 0.3) is 0 Å². The van der Waals surface area contributed by atoms with Crippen LogP contribution >= 0.6 is 0 Å². The predicted octanol–water partition coefficient (Wildman–Crippen LogP) is 4.41. The van der Waals surface area contributed by atoms with Crippen LogP contribution in [0.5, 0.6) is 5.75 Å². The Hall–Kier alpha value is -2.24. The summed E-state index contributed by atoms with van der Waals surface area (Å²) in [6.45, 7) is 10.0. The van der Waals surface area contributed by atoms with Crippen molar-refractivity contribution in [2.75, 3.05) is 25.0 Å². The van der Waals surface area contributed by atoms with Crippen LogP contribution in [0.15, 0.2) is 23.2 Å². The summed E-state index contributed by atoms with van der Waals surface area (Å²) >= 11 is 0. The molecule has 0 fully saturated rings. The van der Waals surface area contributed by atoms with E-state index < -0.39 is 5.60 Å². The van der Waals surface area contributed by atoms with Crippen LogP contribution < -0.4 is 10.1 Å². The molecule has 0 radical (unpaired) electrons. The number of fused-ring (bicyclic) bond motifs is 1. The number of rotatable bonds is 5. The van der Waals surface area contributed by atoms with Gasteiger partial charge in [-0.1, -0.05) is 6.92 Å². The maximum absolute atomic E-state index is 12.2. The van der Waals surface area contributed by atoms with E-state index in [-0.39, 0.29) is 12.1 Å². The molecule has 0 aromatic heterocycles.